The number of amides is 1. The molecule has 27 heavy (non-hydrogen) atoms. The van der Waals surface area contributed by atoms with E-state index in [-0.39, 0.29) is 5.91 Å². The van der Waals surface area contributed by atoms with Gasteiger partial charge in [0.25, 0.3) is 5.91 Å². The molecule has 0 saturated carbocycles. The van der Waals surface area contributed by atoms with Crippen LogP contribution < -0.4 is 4.74 Å². The highest BCUT2D eigenvalue weighted by molar-refractivity contribution is 5.93. The first-order valence-corrected chi connectivity index (χ1v) is 9.66. The van der Waals surface area contributed by atoms with E-state index < -0.39 is 0 Å². The van der Waals surface area contributed by atoms with E-state index >= 15 is 0 Å². The largest absolute Gasteiger partial charge is 0.497 e. The van der Waals surface area contributed by atoms with Crippen molar-refractivity contribution in [1.82, 2.24) is 14.8 Å². The van der Waals surface area contributed by atoms with Crippen LogP contribution in [0.1, 0.15) is 28.8 Å². The lowest BCUT2D eigenvalue weighted by molar-refractivity contribution is 0.0730. The highest BCUT2D eigenvalue weighted by Gasteiger charge is 2.23. The maximum atomic E-state index is 12.5. The molecular formula is C22H29N3O2. The number of rotatable bonds is 7. The second-order valence-electron chi connectivity index (χ2n) is 7.33. The fraction of sp³-hybridized carbons (Fsp3) is 0.455. The molecule has 2 heterocycles. The standard InChI is InChI=1S/C22H29N3O2/c1-24(22(26)20-9-12-23-13-10-20)16-19-4-3-14-25(17-19)15-11-18-5-7-21(27-2)8-6-18/h5-10,12-13,19H,3-4,11,14-17H2,1-2H3. The van der Waals surface area contributed by atoms with E-state index in [0.717, 1.165) is 38.3 Å². The van der Waals surface area contributed by atoms with Gasteiger partial charge in [0.15, 0.2) is 0 Å². The number of aromatic nitrogens is 1. The molecule has 3 rings (SSSR count). The quantitative estimate of drug-likeness (QED) is 0.754. The van der Waals surface area contributed by atoms with Crippen LogP contribution >= 0.6 is 0 Å². The summed E-state index contributed by atoms with van der Waals surface area (Å²) in [6.45, 7) is 4.07. The Kier molecular flexibility index (Phi) is 6.82. The third-order valence-electron chi connectivity index (χ3n) is 5.28. The molecule has 0 radical (unpaired) electrons. The molecule has 5 nitrogen and oxygen atoms in total. The van der Waals surface area contributed by atoms with E-state index in [0.29, 0.717) is 11.5 Å². The van der Waals surface area contributed by atoms with E-state index in [2.05, 4.69) is 22.0 Å². The third-order valence-corrected chi connectivity index (χ3v) is 5.28. The fourth-order valence-corrected chi connectivity index (χ4v) is 3.77. The first-order chi connectivity index (χ1) is 13.2. The van der Waals surface area contributed by atoms with Crippen LogP contribution in [0.3, 0.4) is 0 Å². The molecular weight excluding hydrogens is 338 g/mol. The van der Waals surface area contributed by atoms with Crippen LogP contribution in [-0.4, -0.2) is 61.0 Å². The van der Waals surface area contributed by atoms with Crippen molar-refractivity contribution >= 4 is 5.91 Å². The lowest BCUT2D eigenvalue weighted by Crippen LogP contribution is -2.42. The number of piperidine rings is 1. The van der Waals surface area contributed by atoms with Crippen molar-refractivity contribution in [2.45, 2.75) is 19.3 Å². The average Bonchev–Trinajstić information content (AvgIpc) is 2.73. The highest BCUT2D eigenvalue weighted by atomic mass is 16.5. The first-order valence-electron chi connectivity index (χ1n) is 9.66. The summed E-state index contributed by atoms with van der Waals surface area (Å²) in [6, 6.07) is 11.9. The summed E-state index contributed by atoms with van der Waals surface area (Å²) in [5.74, 6) is 1.51. The molecule has 0 spiro atoms. The Labute approximate surface area is 162 Å². The minimum Gasteiger partial charge on any atom is -0.497 e. The van der Waals surface area contributed by atoms with Crippen LogP contribution in [0.4, 0.5) is 0 Å². The number of carbonyl (C=O) groups is 1. The Morgan fingerprint density at radius 2 is 1.96 bits per heavy atom. The van der Waals surface area contributed by atoms with Crippen LogP contribution in [-0.2, 0) is 6.42 Å². The Bertz CT molecular complexity index is 718. The minimum atomic E-state index is 0.0766. The van der Waals surface area contributed by atoms with E-state index in [9.17, 15) is 4.79 Å². The second kappa shape index (κ2) is 9.51. The van der Waals surface area contributed by atoms with Gasteiger partial charge in [0.05, 0.1) is 7.11 Å². The van der Waals surface area contributed by atoms with Crippen molar-refractivity contribution in [2.75, 3.05) is 40.3 Å². The van der Waals surface area contributed by atoms with Crippen molar-refractivity contribution in [3.8, 4) is 5.75 Å². The number of hydrogen-bond donors (Lipinski definition) is 0. The van der Waals surface area contributed by atoms with Crippen LogP contribution in [0.5, 0.6) is 5.75 Å². The second-order valence-corrected chi connectivity index (χ2v) is 7.33. The predicted molar refractivity (Wildman–Crippen MR) is 107 cm³/mol. The zero-order valence-electron chi connectivity index (χ0n) is 16.3. The maximum Gasteiger partial charge on any atom is 0.253 e. The number of ether oxygens (including phenoxy) is 1. The molecule has 0 aliphatic carbocycles. The van der Waals surface area contributed by atoms with Gasteiger partial charge in [-0.2, -0.15) is 0 Å². The summed E-state index contributed by atoms with van der Waals surface area (Å²) in [5, 5.41) is 0. The molecule has 1 aromatic heterocycles. The summed E-state index contributed by atoms with van der Waals surface area (Å²) >= 11 is 0. The van der Waals surface area contributed by atoms with Crippen LogP contribution in [0.15, 0.2) is 48.8 Å². The number of carbonyl (C=O) groups excluding carboxylic acids is 1. The summed E-state index contributed by atoms with van der Waals surface area (Å²) in [4.78, 5) is 20.9. The molecule has 5 heteroatoms. The van der Waals surface area contributed by atoms with Crippen molar-refractivity contribution < 1.29 is 9.53 Å². The number of likely N-dealkylation sites (tertiary alicyclic amines) is 1. The molecule has 0 N–H and O–H groups in total. The van der Waals surface area contributed by atoms with Crippen LogP contribution in [0.25, 0.3) is 0 Å². The molecule has 144 valence electrons. The number of benzene rings is 1. The van der Waals surface area contributed by atoms with Gasteiger partial charge in [-0.15, -0.1) is 0 Å². The van der Waals surface area contributed by atoms with Gasteiger partial charge in [-0.25, -0.2) is 0 Å². The monoisotopic (exact) mass is 367 g/mol. The summed E-state index contributed by atoms with van der Waals surface area (Å²) in [7, 11) is 3.60. The lowest BCUT2D eigenvalue weighted by Gasteiger charge is -2.34. The maximum absolute atomic E-state index is 12.5. The smallest absolute Gasteiger partial charge is 0.253 e. The van der Waals surface area contributed by atoms with Crippen molar-refractivity contribution in [1.29, 1.82) is 0 Å². The molecule has 1 aliphatic rings. The van der Waals surface area contributed by atoms with Crippen molar-refractivity contribution in [3.63, 3.8) is 0 Å². The Hall–Kier alpha value is -2.40. The predicted octanol–water partition coefficient (Wildman–Crippen LogP) is 3.12. The van der Waals surface area contributed by atoms with E-state index in [1.165, 1.54) is 18.4 Å². The molecule has 0 bridgehead atoms. The van der Waals surface area contributed by atoms with Gasteiger partial charge in [0, 0.05) is 44.6 Å². The Morgan fingerprint density at radius 3 is 2.67 bits per heavy atom. The Balaban J connectivity index is 1.47. The molecule has 1 atom stereocenters. The number of pyridine rings is 1. The SMILES string of the molecule is COc1ccc(CCN2CCCC(CN(C)C(=O)c3ccncc3)C2)cc1. The molecule has 1 unspecified atom stereocenters. The van der Waals surface area contributed by atoms with Crippen molar-refractivity contribution in [2.24, 2.45) is 5.92 Å². The molecule has 1 aromatic carbocycles. The molecule has 1 saturated heterocycles. The van der Waals surface area contributed by atoms with Gasteiger partial charge in [0.1, 0.15) is 5.75 Å². The zero-order valence-corrected chi connectivity index (χ0v) is 16.3. The normalized spacial score (nSPS) is 17.5. The van der Waals surface area contributed by atoms with Gasteiger partial charge in [-0.1, -0.05) is 12.1 Å². The summed E-state index contributed by atoms with van der Waals surface area (Å²) in [5.41, 5.74) is 2.04. The van der Waals surface area contributed by atoms with Crippen molar-refractivity contribution in [3.05, 3.63) is 59.9 Å². The lowest BCUT2D eigenvalue weighted by atomic mass is 9.97. The third kappa shape index (κ3) is 5.54. The van der Waals surface area contributed by atoms with Gasteiger partial charge in [-0.05, 0) is 61.6 Å². The van der Waals surface area contributed by atoms with Gasteiger partial charge >= 0.3 is 0 Å². The minimum absolute atomic E-state index is 0.0766. The van der Waals surface area contributed by atoms with Crippen LogP contribution in [0.2, 0.25) is 0 Å². The number of hydrogen-bond acceptors (Lipinski definition) is 4. The average molecular weight is 367 g/mol. The highest BCUT2D eigenvalue weighted by Crippen LogP contribution is 2.19. The van der Waals surface area contributed by atoms with Gasteiger partial charge in [0.2, 0.25) is 0 Å². The zero-order chi connectivity index (χ0) is 19.1. The number of methoxy groups -OCH3 is 1. The van der Waals surface area contributed by atoms with E-state index in [4.69, 9.17) is 4.74 Å². The topological polar surface area (TPSA) is 45.7 Å². The van der Waals surface area contributed by atoms with E-state index in [1.54, 1.807) is 31.6 Å². The fourth-order valence-electron chi connectivity index (χ4n) is 3.77. The summed E-state index contributed by atoms with van der Waals surface area (Å²) in [6.07, 6.45) is 6.77. The van der Waals surface area contributed by atoms with Gasteiger partial charge in [-0.3, -0.25) is 9.78 Å². The molecule has 1 fully saturated rings. The number of nitrogens with zero attached hydrogens (tertiary/aromatic N) is 3. The van der Waals surface area contributed by atoms with Gasteiger partial charge < -0.3 is 14.5 Å². The van der Waals surface area contributed by atoms with E-state index in [1.807, 2.05) is 24.1 Å². The molecule has 1 amide bonds. The summed E-state index contributed by atoms with van der Waals surface area (Å²) < 4.78 is 5.22. The molecule has 1 aliphatic heterocycles. The van der Waals surface area contributed by atoms with Crippen LogP contribution in [0, 0.1) is 5.92 Å². The first kappa shape index (κ1) is 19.4. The molecule has 2 aromatic rings. The Morgan fingerprint density at radius 1 is 1.22 bits per heavy atom.